The van der Waals surface area contributed by atoms with Crippen molar-refractivity contribution < 1.29 is 0 Å². The Morgan fingerprint density at radius 3 is 0.431 bits per heavy atom. The molecule has 0 aromatic rings. The minimum atomic E-state index is 0.282. The zero-order chi connectivity index (χ0) is 41.8. The van der Waals surface area contributed by atoms with Crippen LogP contribution in [0.15, 0.2) is 0 Å². The Morgan fingerprint density at radius 2 is 0.293 bits per heavy atom. The standard InChI is InChI=1S/C54H114BN3/c1-4-7-10-13-16-19-22-25-28-31-34-37-40-43-46-49-52-56-55(57-53-50-47-44-41-38-35-32-29-26-23-20-17-14-11-8-5-2)58-54-51-48-45-42-39-36-33-30-27-24-21-18-15-12-9-6-3/h56-58H,4-54H2,1-3H3. The van der Waals surface area contributed by atoms with Gasteiger partial charge in [0.15, 0.2) is 0 Å². The molecule has 0 radical (unpaired) electrons. The lowest BCUT2D eigenvalue weighted by Crippen LogP contribution is -2.58. The Balaban J connectivity index is 3.95. The summed E-state index contributed by atoms with van der Waals surface area (Å²) in [6, 6.07) is 0. The number of nitrogens with one attached hydrogen (secondary N) is 3. The molecular formula is C54H114BN3. The molecule has 0 fully saturated rings. The maximum Gasteiger partial charge on any atom is 0.395 e. The average molecular weight is 816 g/mol. The van der Waals surface area contributed by atoms with Crippen molar-refractivity contribution in [1.29, 1.82) is 0 Å². The molecule has 0 bridgehead atoms. The van der Waals surface area contributed by atoms with Crippen molar-refractivity contribution in [3.05, 3.63) is 0 Å². The van der Waals surface area contributed by atoms with Crippen LogP contribution in [0.1, 0.15) is 329 Å². The van der Waals surface area contributed by atoms with Crippen LogP contribution in [-0.2, 0) is 0 Å². The second-order valence-electron chi connectivity index (χ2n) is 19.2. The quantitative estimate of drug-likeness (QED) is 0.0423. The van der Waals surface area contributed by atoms with Gasteiger partial charge in [0.05, 0.1) is 0 Å². The third-order valence-electron chi connectivity index (χ3n) is 13.1. The Bertz CT molecular complexity index is 599. The van der Waals surface area contributed by atoms with Crippen LogP contribution in [0.3, 0.4) is 0 Å². The highest BCUT2D eigenvalue weighted by Crippen LogP contribution is 2.16. The first-order valence-electron chi connectivity index (χ1n) is 28.0. The third kappa shape index (κ3) is 52.1. The first-order chi connectivity index (χ1) is 28.8. The molecular weight excluding hydrogens is 701 g/mol. The van der Waals surface area contributed by atoms with Gasteiger partial charge in [-0.2, -0.15) is 0 Å². The summed E-state index contributed by atoms with van der Waals surface area (Å²) in [7, 11) is 0.282. The van der Waals surface area contributed by atoms with E-state index in [0.29, 0.717) is 0 Å². The smallest absolute Gasteiger partial charge is 0.328 e. The third-order valence-corrected chi connectivity index (χ3v) is 13.1. The largest absolute Gasteiger partial charge is 0.395 e. The Morgan fingerprint density at radius 1 is 0.172 bits per heavy atom. The van der Waals surface area contributed by atoms with Crippen molar-refractivity contribution in [2.75, 3.05) is 19.6 Å². The maximum atomic E-state index is 3.86. The van der Waals surface area contributed by atoms with Crippen molar-refractivity contribution in [2.45, 2.75) is 329 Å². The van der Waals surface area contributed by atoms with Crippen LogP contribution < -0.4 is 15.7 Å². The van der Waals surface area contributed by atoms with Gasteiger partial charge < -0.3 is 15.7 Å². The minimum Gasteiger partial charge on any atom is -0.328 e. The van der Waals surface area contributed by atoms with Gasteiger partial charge in [-0.05, 0) is 38.9 Å². The van der Waals surface area contributed by atoms with E-state index in [2.05, 4.69) is 36.5 Å². The van der Waals surface area contributed by atoms with E-state index < -0.39 is 0 Å². The monoisotopic (exact) mass is 816 g/mol. The molecule has 0 aliphatic heterocycles. The van der Waals surface area contributed by atoms with E-state index in [1.807, 2.05) is 0 Å². The fourth-order valence-electron chi connectivity index (χ4n) is 8.97. The molecule has 0 aliphatic rings. The van der Waals surface area contributed by atoms with Gasteiger partial charge in [-0.15, -0.1) is 0 Å². The topological polar surface area (TPSA) is 36.1 Å². The van der Waals surface area contributed by atoms with E-state index in [0.717, 1.165) is 19.6 Å². The average Bonchev–Trinajstić information content (AvgIpc) is 3.23. The van der Waals surface area contributed by atoms with Crippen LogP contribution >= 0.6 is 0 Å². The molecule has 0 aromatic carbocycles. The van der Waals surface area contributed by atoms with Gasteiger partial charge in [-0.3, -0.25) is 0 Å². The van der Waals surface area contributed by atoms with Crippen molar-refractivity contribution in [3.8, 4) is 0 Å². The van der Waals surface area contributed by atoms with Crippen molar-refractivity contribution in [3.63, 3.8) is 0 Å². The lowest BCUT2D eigenvalue weighted by molar-refractivity contribution is 0.526. The van der Waals surface area contributed by atoms with E-state index in [-0.39, 0.29) is 7.12 Å². The van der Waals surface area contributed by atoms with Gasteiger partial charge in [0.25, 0.3) is 0 Å². The summed E-state index contributed by atoms with van der Waals surface area (Å²) in [5.41, 5.74) is 0. The molecule has 0 spiro atoms. The summed E-state index contributed by atoms with van der Waals surface area (Å²) in [6.07, 6.45) is 69.1. The number of unbranched alkanes of at least 4 members (excludes halogenated alkanes) is 45. The molecule has 348 valence electrons. The highest BCUT2D eigenvalue weighted by molar-refractivity contribution is 6.50. The van der Waals surface area contributed by atoms with E-state index in [4.69, 9.17) is 0 Å². The Labute approximate surface area is 370 Å². The van der Waals surface area contributed by atoms with Crippen LogP contribution in [0.2, 0.25) is 0 Å². The number of hydrogen-bond donors (Lipinski definition) is 3. The second kappa shape index (κ2) is 55.0. The minimum absolute atomic E-state index is 0.282. The molecule has 4 heteroatoms. The lowest BCUT2D eigenvalue weighted by Gasteiger charge is -2.18. The SMILES string of the molecule is CCCCCCCCCCCCCCCCCCNB(NCCCCCCCCCCCCCCCCCC)NCCCCCCCCCCCCCCCCCC. The summed E-state index contributed by atoms with van der Waals surface area (Å²) in [5, 5.41) is 11.6. The Hall–Kier alpha value is -0.0551. The Kier molecular flexibility index (Phi) is 54.9. The lowest BCUT2D eigenvalue weighted by atomic mass is 9.92. The molecule has 0 unspecified atom stereocenters. The van der Waals surface area contributed by atoms with Gasteiger partial charge >= 0.3 is 7.12 Å². The second-order valence-corrected chi connectivity index (χ2v) is 19.2. The van der Waals surface area contributed by atoms with Gasteiger partial charge in [0.2, 0.25) is 0 Å². The predicted molar refractivity (Wildman–Crippen MR) is 268 cm³/mol. The molecule has 0 saturated carbocycles. The molecule has 3 N–H and O–H groups in total. The van der Waals surface area contributed by atoms with Crippen molar-refractivity contribution in [1.82, 2.24) is 15.7 Å². The van der Waals surface area contributed by atoms with Gasteiger partial charge in [-0.1, -0.05) is 310 Å². The highest BCUT2D eigenvalue weighted by Gasteiger charge is 2.12. The molecule has 0 heterocycles. The van der Waals surface area contributed by atoms with Gasteiger partial charge in [0, 0.05) is 0 Å². The molecule has 0 rings (SSSR count). The summed E-state index contributed by atoms with van der Waals surface area (Å²) in [5.74, 6) is 0. The zero-order valence-electron chi connectivity index (χ0n) is 41.1. The number of rotatable bonds is 54. The van der Waals surface area contributed by atoms with Gasteiger partial charge in [0.1, 0.15) is 0 Å². The van der Waals surface area contributed by atoms with Crippen molar-refractivity contribution >= 4 is 7.12 Å². The fourth-order valence-corrected chi connectivity index (χ4v) is 8.97. The maximum absolute atomic E-state index is 3.86. The summed E-state index contributed by atoms with van der Waals surface area (Å²) in [4.78, 5) is 0. The van der Waals surface area contributed by atoms with Crippen molar-refractivity contribution in [2.24, 2.45) is 0 Å². The van der Waals surface area contributed by atoms with Crippen LogP contribution in [-0.4, -0.2) is 26.8 Å². The first kappa shape index (κ1) is 57.9. The molecule has 0 amide bonds. The fraction of sp³-hybridized carbons (Fsp3) is 1.00. The zero-order valence-corrected chi connectivity index (χ0v) is 41.1. The van der Waals surface area contributed by atoms with Crippen LogP contribution in [0.4, 0.5) is 0 Å². The summed E-state index contributed by atoms with van der Waals surface area (Å²) < 4.78 is 0. The van der Waals surface area contributed by atoms with Crippen LogP contribution in [0.25, 0.3) is 0 Å². The van der Waals surface area contributed by atoms with Crippen LogP contribution in [0.5, 0.6) is 0 Å². The van der Waals surface area contributed by atoms with Gasteiger partial charge in [-0.25, -0.2) is 0 Å². The molecule has 0 aromatic heterocycles. The molecule has 0 saturated heterocycles. The molecule has 3 nitrogen and oxygen atoms in total. The molecule has 58 heavy (non-hydrogen) atoms. The van der Waals surface area contributed by atoms with E-state index >= 15 is 0 Å². The highest BCUT2D eigenvalue weighted by atomic mass is 15.1. The predicted octanol–water partition coefficient (Wildman–Crippen LogP) is 18.5. The first-order valence-corrected chi connectivity index (χ1v) is 28.0. The molecule has 0 aliphatic carbocycles. The molecule has 0 atom stereocenters. The normalized spacial score (nSPS) is 11.6. The summed E-state index contributed by atoms with van der Waals surface area (Å²) >= 11 is 0. The summed E-state index contributed by atoms with van der Waals surface area (Å²) in [6.45, 7) is 10.4. The van der Waals surface area contributed by atoms with E-state index in [1.54, 1.807) is 0 Å². The van der Waals surface area contributed by atoms with Crippen LogP contribution in [0, 0.1) is 0 Å². The van der Waals surface area contributed by atoms with E-state index in [9.17, 15) is 0 Å². The van der Waals surface area contributed by atoms with E-state index in [1.165, 1.54) is 308 Å². The number of hydrogen-bond acceptors (Lipinski definition) is 3.